The standard InChI is InChI=1S/C38H54N4O9/c1-5-8-14-30(44)39-28(25-48-4)33(26-12-10-9-11-13-26)50-37(47)31-29-15-16-38(51-29)32(31)35(45)42(27(7-3)24-43)34(38)36(46)41(17-6-2)19-18-40-20-22-49-23-21-40/h5-6,9-13,27-29,31-34,43H,1-2,7-8,14-25H2,3-4H3,(H,39,44)/t27-,28-,29-,31+,32+,33-,34-,38+/m0/s1. The van der Waals surface area contributed by atoms with Crippen molar-refractivity contribution >= 4 is 23.7 Å². The van der Waals surface area contributed by atoms with Crippen molar-refractivity contribution in [2.75, 3.05) is 66.3 Å². The van der Waals surface area contributed by atoms with E-state index in [1.54, 1.807) is 17.1 Å². The van der Waals surface area contributed by atoms with Crippen molar-refractivity contribution in [2.45, 2.75) is 75.0 Å². The third-order valence-electron chi connectivity index (χ3n) is 10.8. The molecular weight excluding hydrogens is 656 g/mol. The van der Waals surface area contributed by atoms with Crippen LogP contribution in [-0.4, -0.2) is 140 Å². The summed E-state index contributed by atoms with van der Waals surface area (Å²) in [5, 5.41) is 13.4. The molecule has 0 radical (unpaired) electrons. The Morgan fingerprint density at radius 2 is 1.92 bits per heavy atom. The molecule has 0 aliphatic carbocycles. The third-order valence-corrected chi connectivity index (χ3v) is 10.8. The Bertz CT molecular complexity index is 1380. The number of morpholine rings is 1. The van der Waals surface area contributed by atoms with Crippen molar-refractivity contribution in [3.63, 3.8) is 0 Å². The average molecular weight is 711 g/mol. The Kier molecular flexibility index (Phi) is 13.4. The summed E-state index contributed by atoms with van der Waals surface area (Å²) < 4.78 is 23.9. The highest BCUT2D eigenvalue weighted by molar-refractivity contribution is 5.98. The summed E-state index contributed by atoms with van der Waals surface area (Å²) >= 11 is 0. The number of carbonyl (C=O) groups is 4. The van der Waals surface area contributed by atoms with Gasteiger partial charge in [-0.1, -0.05) is 49.4 Å². The molecule has 0 unspecified atom stereocenters. The zero-order chi connectivity index (χ0) is 36.5. The molecule has 1 aromatic carbocycles. The fourth-order valence-electron chi connectivity index (χ4n) is 8.28. The molecular formula is C38H54N4O9. The molecule has 2 bridgehead atoms. The van der Waals surface area contributed by atoms with Crippen LogP contribution >= 0.6 is 0 Å². The molecule has 13 heteroatoms. The third kappa shape index (κ3) is 8.07. The van der Waals surface area contributed by atoms with E-state index in [2.05, 4.69) is 23.4 Å². The van der Waals surface area contributed by atoms with Crippen LogP contribution in [-0.2, 0) is 38.1 Å². The maximum absolute atomic E-state index is 14.7. The first-order valence-electron chi connectivity index (χ1n) is 18.2. The van der Waals surface area contributed by atoms with E-state index in [0.717, 1.165) is 13.1 Å². The van der Waals surface area contributed by atoms with E-state index in [0.29, 0.717) is 57.6 Å². The molecule has 1 spiro atoms. The molecule has 1 aromatic rings. The summed E-state index contributed by atoms with van der Waals surface area (Å²) in [6.45, 7) is 13.2. The zero-order valence-corrected chi connectivity index (χ0v) is 30.0. The molecule has 280 valence electrons. The number of amides is 3. The molecule has 4 fully saturated rings. The first-order chi connectivity index (χ1) is 24.7. The van der Waals surface area contributed by atoms with Gasteiger partial charge in [-0.25, -0.2) is 0 Å². The molecule has 51 heavy (non-hydrogen) atoms. The molecule has 0 saturated carbocycles. The second-order valence-corrected chi connectivity index (χ2v) is 13.8. The zero-order valence-electron chi connectivity index (χ0n) is 30.0. The van der Waals surface area contributed by atoms with Gasteiger partial charge in [0, 0.05) is 46.3 Å². The van der Waals surface area contributed by atoms with Crippen LogP contribution in [0.25, 0.3) is 0 Å². The van der Waals surface area contributed by atoms with Crippen LogP contribution < -0.4 is 5.32 Å². The second kappa shape index (κ2) is 17.7. The minimum absolute atomic E-state index is 0.0617. The topological polar surface area (TPSA) is 147 Å². The molecule has 5 rings (SSSR count). The minimum Gasteiger partial charge on any atom is -0.455 e. The molecule has 4 heterocycles. The predicted molar refractivity (Wildman–Crippen MR) is 188 cm³/mol. The van der Waals surface area contributed by atoms with Crippen molar-refractivity contribution < 1.29 is 43.2 Å². The van der Waals surface area contributed by atoms with E-state index in [9.17, 15) is 24.3 Å². The number of aliphatic hydroxyl groups is 1. The second-order valence-electron chi connectivity index (χ2n) is 13.8. The Morgan fingerprint density at radius 3 is 2.57 bits per heavy atom. The van der Waals surface area contributed by atoms with Gasteiger partial charge in [-0.3, -0.25) is 24.1 Å². The van der Waals surface area contributed by atoms with Gasteiger partial charge < -0.3 is 39.2 Å². The SMILES string of the molecule is C=CCCC(=O)N[C@@H](COC)[C@@H](OC(=O)[C@@H]1[C@@H]2CC[C@]3(O2)[C@H](C(=O)N(CC=C)CCN2CCOCC2)N([C@@H](CC)CO)C(=O)[C@@H]13)c1ccccc1. The Labute approximate surface area is 300 Å². The summed E-state index contributed by atoms with van der Waals surface area (Å²) in [6, 6.07) is 6.69. The molecule has 2 N–H and O–H groups in total. The highest BCUT2D eigenvalue weighted by atomic mass is 16.6. The quantitative estimate of drug-likeness (QED) is 0.161. The Hall–Kier alpha value is -3.62. The number of nitrogens with zero attached hydrogens (tertiary/aromatic N) is 3. The summed E-state index contributed by atoms with van der Waals surface area (Å²) in [7, 11) is 1.51. The van der Waals surface area contributed by atoms with E-state index in [4.69, 9.17) is 18.9 Å². The molecule has 4 saturated heterocycles. The number of rotatable bonds is 19. The fraction of sp³-hybridized carbons (Fsp3) is 0.632. The van der Waals surface area contributed by atoms with Gasteiger partial charge in [0.25, 0.3) is 0 Å². The molecule has 13 nitrogen and oxygen atoms in total. The maximum atomic E-state index is 14.7. The minimum atomic E-state index is -1.27. The van der Waals surface area contributed by atoms with E-state index in [-0.39, 0.29) is 38.0 Å². The first kappa shape index (κ1) is 38.6. The van der Waals surface area contributed by atoms with Gasteiger partial charge in [0.15, 0.2) is 0 Å². The number of ether oxygens (including phenoxy) is 4. The van der Waals surface area contributed by atoms with Gasteiger partial charge in [-0.15, -0.1) is 13.2 Å². The number of hydrogen-bond acceptors (Lipinski definition) is 10. The summed E-state index contributed by atoms with van der Waals surface area (Å²) in [5.74, 6) is -3.54. The summed E-state index contributed by atoms with van der Waals surface area (Å²) in [4.78, 5) is 62.1. The van der Waals surface area contributed by atoms with Crippen molar-refractivity contribution in [3.8, 4) is 0 Å². The summed E-state index contributed by atoms with van der Waals surface area (Å²) in [5.41, 5.74) is -0.619. The molecule has 8 atom stereocenters. The number of esters is 1. The number of nitrogens with one attached hydrogen (secondary N) is 1. The van der Waals surface area contributed by atoms with Crippen LogP contribution in [0.5, 0.6) is 0 Å². The number of benzene rings is 1. The predicted octanol–water partition coefficient (Wildman–Crippen LogP) is 1.86. The number of fused-ring (bicyclic) bond motifs is 1. The van der Waals surface area contributed by atoms with Crippen LogP contribution in [0.3, 0.4) is 0 Å². The lowest BCUT2D eigenvalue weighted by atomic mass is 9.70. The average Bonchev–Trinajstić information content (AvgIpc) is 3.80. The van der Waals surface area contributed by atoms with Crippen LogP contribution in [0, 0.1) is 11.8 Å². The van der Waals surface area contributed by atoms with E-state index < -0.39 is 59.6 Å². The number of hydrogen-bond donors (Lipinski definition) is 2. The Morgan fingerprint density at radius 1 is 1.18 bits per heavy atom. The van der Waals surface area contributed by atoms with Crippen LogP contribution in [0.1, 0.15) is 50.7 Å². The van der Waals surface area contributed by atoms with Crippen molar-refractivity contribution in [1.82, 2.24) is 20.0 Å². The number of aliphatic hydroxyl groups excluding tert-OH is 1. The number of carbonyl (C=O) groups excluding carboxylic acids is 4. The van der Waals surface area contributed by atoms with Gasteiger partial charge in [0.05, 0.1) is 56.5 Å². The van der Waals surface area contributed by atoms with Gasteiger partial charge in [0.2, 0.25) is 17.7 Å². The van der Waals surface area contributed by atoms with Gasteiger partial charge >= 0.3 is 5.97 Å². The van der Waals surface area contributed by atoms with E-state index >= 15 is 0 Å². The Balaban J connectivity index is 1.45. The molecule has 4 aliphatic heterocycles. The van der Waals surface area contributed by atoms with Crippen molar-refractivity contribution in [2.24, 2.45) is 11.8 Å². The van der Waals surface area contributed by atoms with Crippen molar-refractivity contribution in [1.29, 1.82) is 0 Å². The number of likely N-dealkylation sites (tertiary alicyclic amines) is 1. The maximum Gasteiger partial charge on any atom is 0.313 e. The fourth-order valence-corrected chi connectivity index (χ4v) is 8.28. The largest absolute Gasteiger partial charge is 0.455 e. The lowest BCUT2D eigenvalue weighted by Gasteiger charge is -2.39. The summed E-state index contributed by atoms with van der Waals surface area (Å²) in [6.07, 6.45) is 3.71. The van der Waals surface area contributed by atoms with Gasteiger partial charge in [-0.05, 0) is 31.2 Å². The van der Waals surface area contributed by atoms with Crippen molar-refractivity contribution in [3.05, 3.63) is 61.2 Å². The monoisotopic (exact) mass is 710 g/mol. The number of methoxy groups -OCH3 is 1. The van der Waals surface area contributed by atoms with Crippen LogP contribution in [0.2, 0.25) is 0 Å². The number of allylic oxidation sites excluding steroid dienone is 1. The van der Waals surface area contributed by atoms with Gasteiger partial charge in [0.1, 0.15) is 17.7 Å². The molecule has 4 aliphatic rings. The van der Waals surface area contributed by atoms with Crippen LogP contribution in [0.15, 0.2) is 55.6 Å². The highest BCUT2D eigenvalue weighted by Crippen LogP contribution is 2.59. The lowest BCUT2D eigenvalue weighted by Crippen LogP contribution is -2.59. The van der Waals surface area contributed by atoms with Gasteiger partial charge in [-0.2, -0.15) is 0 Å². The molecule has 3 amide bonds. The molecule has 0 aromatic heterocycles. The van der Waals surface area contributed by atoms with E-state index in [1.807, 2.05) is 37.3 Å². The normalized spacial score (nSPS) is 27.4. The lowest BCUT2D eigenvalue weighted by molar-refractivity contribution is -0.163. The smallest absolute Gasteiger partial charge is 0.313 e. The highest BCUT2D eigenvalue weighted by Gasteiger charge is 2.75. The van der Waals surface area contributed by atoms with E-state index in [1.165, 1.54) is 12.0 Å². The first-order valence-corrected chi connectivity index (χ1v) is 18.2. The van der Waals surface area contributed by atoms with Crippen LogP contribution in [0.4, 0.5) is 0 Å².